The number of carbonyl (C=O) groups excluding carboxylic acids is 2. The molecule has 2 aliphatic carbocycles. The van der Waals surface area contributed by atoms with Crippen LogP contribution >= 0.6 is 0 Å². The molecule has 2 saturated heterocycles. The zero-order valence-electron chi connectivity index (χ0n) is 27.7. The summed E-state index contributed by atoms with van der Waals surface area (Å²) in [7, 11) is 3.28. The van der Waals surface area contributed by atoms with Crippen molar-refractivity contribution in [2.24, 2.45) is 0 Å². The van der Waals surface area contributed by atoms with Crippen LogP contribution in [0.4, 0.5) is 9.59 Å². The smallest absolute Gasteiger partial charge is 0.410 e. The fraction of sp³-hybridized carbons (Fsp3) is 0.611. The second-order valence-corrected chi connectivity index (χ2v) is 13.4. The van der Waals surface area contributed by atoms with Crippen LogP contribution in [-0.4, -0.2) is 82.9 Å². The molecule has 2 aromatic rings. The lowest BCUT2D eigenvalue weighted by Crippen LogP contribution is -2.52. The molecule has 2 saturated carbocycles. The van der Waals surface area contributed by atoms with Crippen molar-refractivity contribution in [1.29, 1.82) is 0 Å². The minimum absolute atomic E-state index is 0.0517. The molecule has 46 heavy (non-hydrogen) atoms. The molecule has 2 heterocycles. The second kappa shape index (κ2) is 14.5. The Morgan fingerprint density at radius 1 is 0.674 bits per heavy atom. The number of benzene rings is 2. The van der Waals surface area contributed by atoms with E-state index in [1.165, 1.54) is 0 Å². The van der Waals surface area contributed by atoms with Gasteiger partial charge >= 0.3 is 12.2 Å². The van der Waals surface area contributed by atoms with Crippen LogP contribution in [0.2, 0.25) is 0 Å². The number of hydrogen-bond donors (Lipinski definition) is 2. The van der Waals surface area contributed by atoms with Crippen LogP contribution in [0.15, 0.2) is 48.5 Å². The molecule has 2 aliphatic heterocycles. The summed E-state index contributed by atoms with van der Waals surface area (Å²) >= 11 is 0. The van der Waals surface area contributed by atoms with E-state index in [4.69, 9.17) is 18.9 Å². The highest BCUT2D eigenvalue weighted by Crippen LogP contribution is 2.41. The first-order chi connectivity index (χ1) is 22.1. The van der Waals surface area contributed by atoms with Gasteiger partial charge in [0.05, 0.1) is 38.5 Å². The minimum Gasteiger partial charge on any atom is -0.497 e. The third-order valence-corrected chi connectivity index (χ3v) is 10.5. The molecule has 0 bridgehead atoms. The number of ether oxygens (including phenoxy) is 4. The van der Waals surface area contributed by atoms with Gasteiger partial charge in [-0.3, -0.25) is 0 Å². The SMILES string of the molecule is COc1cccc([C@H](C)N2CCC3(CCC(O)CC3)OC2=O)c1.COc1cccc([C@H](C)N2CCC3(CCC(O)CC3)OC2=O)c1. The van der Waals surface area contributed by atoms with Gasteiger partial charge < -0.3 is 39.0 Å². The molecule has 4 aliphatic rings. The maximum atomic E-state index is 12.5. The van der Waals surface area contributed by atoms with Crippen LogP contribution in [0.5, 0.6) is 11.5 Å². The standard InChI is InChI=1S/2C18H25NO4/c2*1-13(14-4-3-5-16(12-14)22-2)19-11-10-18(23-17(19)21)8-6-15(20)7-9-18/h2*3-5,12-13,15,20H,6-11H2,1-2H3/t2*13-,15?,18?/m00/s1. The molecule has 0 aromatic heterocycles. The van der Waals surface area contributed by atoms with Gasteiger partial charge in [0.1, 0.15) is 22.7 Å². The predicted octanol–water partition coefficient (Wildman–Crippen LogP) is 6.54. The normalized spacial score (nSPS) is 29.3. The highest BCUT2D eigenvalue weighted by molar-refractivity contribution is 5.70. The summed E-state index contributed by atoms with van der Waals surface area (Å²) in [5.74, 6) is 1.58. The first-order valence-electron chi connectivity index (χ1n) is 16.7. The van der Waals surface area contributed by atoms with Crippen molar-refractivity contribution in [3.63, 3.8) is 0 Å². The van der Waals surface area contributed by atoms with Crippen molar-refractivity contribution >= 4 is 12.2 Å². The molecular weight excluding hydrogens is 588 g/mol. The van der Waals surface area contributed by atoms with E-state index in [0.29, 0.717) is 13.1 Å². The van der Waals surface area contributed by atoms with Gasteiger partial charge in [-0.05, 0) is 101 Å². The van der Waals surface area contributed by atoms with Crippen LogP contribution < -0.4 is 9.47 Å². The molecular formula is C36H50N2O8. The molecule has 252 valence electrons. The van der Waals surface area contributed by atoms with E-state index in [1.54, 1.807) is 24.0 Å². The average Bonchev–Trinajstić information content (AvgIpc) is 3.07. The largest absolute Gasteiger partial charge is 0.497 e. The summed E-state index contributed by atoms with van der Waals surface area (Å²) in [6, 6.07) is 15.5. The van der Waals surface area contributed by atoms with Crippen LogP contribution in [-0.2, 0) is 9.47 Å². The van der Waals surface area contributed by atoms with Gasteiger partial charge in [-0.1, -0.05) is 24.3 Å². The molecule has 4 fully saturated rings. The molecule has 10 heteroatoms. The first kappa shape index (κ1) is 33.9. The van der Waals surface area contributed by atoms with Gasteiger partial charge in [0.15, 0.2) is 0 Å². The molecule has 2 N–H and O–H groups in total. The van der Waals surface area contributed by atoms with Crippen LogP contribution in [0.3, 0.4) is 0 Å². The highest BCUT2D eigenvalue weighted by Gasteiger charge is 2.45. The Kier molecular flexibility index (Phi) is 10.7. The number of nitrogens with zero attached hydrogens (tertiary/aromatic N) is 2. The van der Waals surface area contributed by atoms with Gasteiger partial charge in [-0.2, -0.15) is 0 Å². The number of aliphatic hydroxyl groups excluding tert-OH is 2. The zero-order valence-corrected chi connectivity index (χ0v) is 27.7. The van der Waals surface area contributed by atoms with Gasteiger partial charge in [-0.15, -0.1) is 0 Å². The molecule has 2 aromatic carbocycles. The maximum absolute atomic E-state index is 12.5. The molecule has 2 atom stereocenters. The monoisotopic (exact) mass is 638 g/mol. The third-order valence-electron chi connectivity index (χ3n) is 10.5. The van der Waals surface area contributed by atoms with Crippen LogP contribution in [0.1, 0.15) is 101 Å². The van der Waals surface area contributed by atoms with Crippen molar-refractivity contribution in [2.75, 3.05) is 27.3 Å². The first-order valence-corrected chi connectivity index (χ1v) is 16.7. The van der Waals surface area contributed by atoms with Gasteiger partial charge in [0.25, 0.3) is 0 Å². The second-order valence-electron chi connectivity index (χ2n) is 13.4. The van der Waals surface area contributed by atoms with Crippen LogP contribution in [0, 0.1) is 0 Å². The summed E-state index contributed by atoms with van der Waals surface area (Å²) in [5, 5.41) is 19.3. The Morgan fingerprint density at radius 3 is 1.37 bits per heavy atom. The van der Waals surface area contributed by atoms with E-state index in [1.807, 2.05) is 62.4 Å². The van der Waals surface area contributed by atoms with E-state index in [0.717, 1.165) is 86.8 Å². The highest BCUT2D eigenvalue weighted by atomic mass is 16.6. The molecule has 10 nitrogen and oxygen atoms in total. The fourth-order valence-electron chi connectivity index (χ4n) is 7.25. The van der Waals surface area contributed by atoms with E-state index >= 15 is 0 Å². The molecule has 2 amide bonds. The number of rotatable bonds is 6. The lowest BCUT2D eigenvalue weighted by molar-refractivity contribution is -0.0911. The topological polar surface area (TPSA) is 118 Å². The summed E-state index contributed by atoms with van der Waals surface area (Å²) < 4.78 is 22.2. The third kappa shape index (κ3) is 7.72. The summed E-state index contributed by atoms with van der Waals surface area (Å²) in [6.45, 7) is 5.40. The maximum Gasteiger partial charge on any atom is 0.410 e. The number of methoxy groups -OCH3 is 2. The van der Waals surface area contributed by atoms with Crippen molar-refractivity contribution in [3.8, 4) is 11.5 Å². The molecule has 0 unspecified atom stereocenters. The van der Waals surface area contributed by atoms with E-state index in [9.17, 15) is 19.8 Å². The summed E-state index contributed by atoms with van der Waals surface area (Å²) in [5.41, 5.74) is 1.36. The molecule has 0 radical (unpaired) electrons. The lowest BCUT2D eigenvalue weighted by atomic mass is 9.80. The van der Waals surface area contributed by atoms with Crippen molar-refractivity contribution in [1.82, 2.24) is 9.80 Å². The number of hydrogen-bond acceptors (Lipinski definition) is 8. The summed E-state index contributed by atoms with van der Waals surface area (Å²) in [6.07, 6.45) is 6.63. The van der Waals surface area contributed by atoms with E-state index in [2.05, 4.69) is 0 Å². The lowest BCUT2D eigenvalue weighted by Gasteiger charge is -2.45. The Labute approximate surface area is 272 Å². The number of amides is 2. The van der Waals surface area contributed by atoms with Gasteiger partial charge in [0.2, 0.25) is 0 Å². The Bertz CT molecular complexity index is 1230. The minimum atomic E-state index is -0.360. The quantitative estimate of drug-likeness (QED) is 0.366. The Hall–Kier alpha value is -3.50. The number of carbonyl (C=O) groups is 2. The van der Waals surface area contributed by atoms with Crippen molar-refractivity contribution in [2.45, 2.75) is 114 Å². The molecule has 2 spiro atoms. The zero-order chi connectivity index (χ0) is 32.9. The van der Waals surface area contributed by atoms with Crippen LogP contribution in [0.25, 0.3) is 0 Å². The van der Waals surface area contributed by atoms with Crippen molar-refractivity contribution in [3.05, 3.63) is 59.7 Å². The average molecular weight is 639 g/mol. The fourth-order valence-corrected chi connectivity index (χ4v) is 7.25. The number of aliphatic hydroxyl groups is 2. The predicted molar refractivity (Wildman–Crippen MR) is 173 cm³/mol. The Balaban J connectivity index is 0.000000181. The van der Waals surface area contributed by atoms with Crippen molar-refractivity contribution < 1.29 is 38.7 Å². The molecule has 6 rings (SSSR count). The van der Waals surface area contributed by atoms with Gasteiger partial charge in [-0.25, -0.2) is 9.59 Å². The Morgan fingerprint density at radius 2 is 1.04 bits per heavy atom. The van der Waals surface area contributed by atoms with E-state index < -0.39 is 0 Å². The summed E-state index contributed by atoms with van der Waals surface area (Å²) in [4.78, 5) is 28.6. The van der Waals surface area contributed by atoms with Gasteiger partial charge in [0, 0.05) is 25.9 Å². The van der Waals surface area contributed by atoms with E-state index in [-0.39, 0.29) is 47.7 Å².